The van der Waals surface area contributed by atoms with Gasteiger partial charge in [-0.25, -0.2) is 13.8 Å². The number of nitrogens with two attached hydrogens (primary N) is 1. The fourth-order valence-corrected chi connectivity index (χ4v) is 3.04. The van der Waals surface area contributed by atoms with Gasteiger partial charge in [0.25, 0.3) is 5.91 Å². The molecule has 2 heterocycles. The standard InChI is InChI=1S/C23H26F5N7O3/c1-22(2,11-36)13(18(24)25)8-33-19(30)16(9-31-3)34-20(37)17-10-38-21(35-17)12-4-5-32-15(6-12)14(29)7-23(26,27)28/h4-6,9-11,13,18,29,31H,7-8H2,1-3H3,(H2,30,33)(H,34,37)/b16-9+,29-14?. The second-order valence-corrected chi connectivity index (χ2v) is 8.65. The van der Waals surface area contributed by atoms with Crippen LogP contribution in [0, 0.1) is 16.7 Å². The van der Waals surface area contributed by atoms with Crippen LogP contribution in [-0.4, -0.2) is 59.9 Å². The molecule has 2 aromatic heterocycles. The summed E-state index contributed by atoms with van der Waals surface area (Å²) in [5, 5.41) is 12.7. The third kappa shape index (κ3) is 8.18. The average Bonchev–Trinajstić information content (AvgIpc) is 3.33. The molecule has 0 radical (unpaired) electrons. The summed E-state index contributed by atoms with van der Waals surface area (Å²) >= 11 is 0. The van der Waals surface area contributed by atoms with Crippen LogP contribution >= 0.6 is 0 Å². The van der Waals surface area contributed by atoms with Crippen molar-refractivity contribution in [2.24, 2.45) is 22.1 Å². The number of oxazole rings is 1. The van der Waals surface area contributed by atoms with Crippen molar-refractivity contribution < 1.29 is 36.0 Å². The van der Waals surface area contributed by atoms with Crippen molar-refractivity contribution in [1.82, 2.24) is 20.6 Å². The Bertz CT molecular complexity index is 1220. The van der Waals surface area contributed by atoms with Gasteiger partial charge in [-0.05, 0) is 12.1 Å². The molecule has 0 bridgehead atoms. The van der Waals surface area contributed by atoms with Gasteiger partial charge in [0.15, 0.2) is 5.69 Å². The van der Waals surface area contributed by atoms with Crippen molar-refractivity contribution in [3.63, 3.8) is 0 Å². The molecule has 0 aromatic carbocycles. The lowest BCUT2D eigenvalue weighted by Crippen LogP contribution is -2.36. The molecule has 15 heteroatoms. The molecule has 0 spiro atoms. The van der Waals surface area contributed by atoms with E-state index >= 15 is 0 Å². The first kappa shape index (κ1) is 30.1. The number of hydrogen-bond acceptors (Lipinski definition) is 8. The molecule has 1 unspecified atom stereocenters. The number of pyridine rings is 1. The van der Waals surface area contributed by atoms with Crippen LogP contribution in [-0.2, 0) is 4.79 Å². The zero-order chi connectivity index (χ0) is 28.7. The van der Waals surface area contributed by atoms with Crippen LogP contribution in [0.25, 0.3) is 11.5 Å². The lowest BCUT2D eigenvalue weighted by atomic mass is 9.80. The molecule has 0 aliphatic carbocycles. The number of nitrogens with one attached hydrogen (secondary N) is 3. The zero-order valence-corrected chi connectivity index (χ0v) is 20.6. The van der Waals surface area contributed by atoms with Gasteiger partial charge in [0.05, 0.1) is 36.0 Å². The van der Waals surface area contributed by atoms with E-state index in [-0.39, 0.29) is 34.4 Å². The van der Waals surface area contributed by atoms with E-state index < -0.39 is 48.5 Å². The number of halogens is 5. The zero-order valence-electron chi connectivity index (χ0n) is 20.6. The Balaban J connectivity index is 2.20. The van der Waals surface area contributed by atoms with Gasteiger partial charge in [0.2, 0.25) is 12.3 Å². The number of aliphatic imine (C=N–C) groups is 1. The summed E-state index contributed by atoms with van der Waals surface area (Å²) in [6, 6.07) is 2.54. The molecular formula is C23H26F5N7O3. The van der Waals surface area contributed by atoms with Crippen molar-refractivity contribution in [2.45, 2.75) is 32.9 Å². The maximum absolute atomic E-state index is 13.4. The minimum Gasteiger partial charge on any atom is -0.444 e. The highest BCUT2D eigenvalue weighted by Gasteiger charge is 2.36. The maximum Gasteiger partial charge on any atom is 0.394 e. The van der Waals surface area contributed by atoms with Crippen molar-refractivity contribution in [1.29, 1.82) is 5.41 Å². The monoisotopic (exact) mass is 543 g/mol. The quantitative estimate of drug-likeness (QED) is 0.138. The van der Waals surface area contributed by atoms with Crippen LogP contribution in [0.1, 0.15) is 36.5 Å². The number of alkyl halides is 5. The molecule has 0 fully saturated rings. The molecule has 10 nitrogen and oxygen atoms in total. The number of nitrogens with zero attached hydrogens (tertiary/aromatic N) is 3. The summed E-state index contributed by atoms with van der Waals surface area (Å²) in [7, 11) is 1.49. The number of hydrogen-bond donors (Lipinski definition) is 4. The molecule has 0 saturated heterocycles. The molecule has 5 N–H and O–H groups in total. The van der Waals surface area contributed by atoms with Crippen LogP contribution < -0.4 is 16.4 Å². The van der Waals surface area contributed by atoms with Crippen molar-refractivity contribution >= 4 is 23.7 Å². The Kier molecular flexibility index (Phi) is 9.79. The highest BCUT2D eigenvalue weighted by Crippen LogP contribution is 2.30. The molecule has 206 valence electrons. The molecule has 0 aliphatic rings. The largest absolute Gasteiger partial charge is 0.444 e. The van der Waals surface area contributed by atoms with Crippen LogP contribution in [0.15, 0.2) is 45.9 Å². The topological polar surface area (TPSA) is 159 Å². The fraction of sp³-hybridized carbons (Fsp3) is 0.391. The van der Waals surface area contributed by atoms with E-state index in [9.17, 15) is 31.5 Å². The Morgan fingerprint density at radius 1 is 1.29 bits per heavy atom. The van der Waals surface area contributed by atoms with E-state index in [1.165, 1.54) is 45.4 Å². The highest BCUT2D eigenvalue weighted by atomic mass is 19.4. The lowest BCUT2D eigenvalue weighted by Gasteiger charge is -2.27. The second-order valence-electron chi connectivity index (χ2n) is 8.65. The summed E-state index contributed by atoms with van der Waals surface area (Å²) in [6.07, 6.45) is -5.10. The minimum absolute atomic E-state index is 0.0780. The number of carbonyl (C=O) groups excluding carboxylic acids is 2. The van der Waals surface area contributed by atoms with Gasteiger partial charge in [-0.3, -0.25) is 14.8 Å². The minimum atomic E-state index is -4.59. The smallest absolute Gasteiger partial charge is 0.394 e. The predicted molar refractivity (Wildman–Crippen MR) is 128 cm³/mol. The summed E-state index contributed by atoms with van der Waals surface area (Å²) in [5.41, 5.74) is 3.37. The molecule has 1 amide bonds. The van der Waals surface area contributed by atoms with Gasteiger partial charge < -0.3 is 31.0 Å². The first-order valence-corrected chi connectivity index (χ1v) is 11.0. The fourth-order valence-electron chi connectivity index (χ4n) is 3.04. The number of aromatic nitrogens is 2. The van der Waals surface area contributed by atoms with Crippen LogP contribution in [0.2, 0.25) is 0 Å². The molecule has 38 heavy (non-hydrogen) atoms. The molecular weight excluding hydrogens is 517 g/mol. The van der Waals surface area contributed by atoms with E-state index in [2.05, 4.69) is 25.6 Å². The third-order valence-electron chi connectivity index (χ3n) is 5.26. The SMILES string of the molecule is CN/C=C(/NC(=O)c1coc(-c2ccnc(C(=N)CC(F)(F)F)c2)n1)C(N)=NCC(C(F)F)C(C)(C)C=O. The van der Waals surface area contributed by atoms with E-state index in [1.54, 1.807) is 0 Å². The predicted octanol–water partition coefficient (Wildman–Crippen LogP) is 3.31. The number of amides is 1. The Morgan fingerprint density at radius 2 is 1.97 bits per heavy atom. The van der Waals surface area contributed by atoms with E-state index in [0.717, 1.165) is 6.26 Å². The third-order valence-corrected chi connectivity index (χ3v) is 5.26. The van der Waals surface area contributed by atoms with Gasteiger partial charge in [-0.1, -0.05) is 13.8 Å². The highest BCUT2D eigenvalue weighted by molar-refractivity contribution is 6.03. The first-order valence-electron chi connectivity index (χ1n) is 11.0. The van der Waals surface area contributed by atoms with E-state index in [1.807, 2.05) is 0 Å². The van der Waals surface area contributed by atoms with Gasteiger partial charge in [0.1, 0.15) is 18.4 Å². The van der Waals surface area contributed by atoms with Crippen LogP contribution in [0.3, 0.4) is 0 Å². The normalized spacial score (nSPS) is 13.8. The number of amidine groups is 1. The maximum atomic E-state index is 13.4. The molecule has 0 aliphatic heterocycles. The number of aldehydes is 1. The van der Waals surface area contributed by atoms with Gasteiger partial charge >= 0.3 is 6.18 Å². The lowest BCUT2D eigenvalue weighted by molar-refractivity contribution is -0.121. The van der Waals surface area contributed by atoms with Gasteiger partial charge in [0, 0.05) is 30.4 Å². The molecule has 1 atom stereocenters. The van der Waals surface area contributed by atoms with Crippen LogP contribution in [0.5, 0.6) is 0 Å². The van der Waals surface area contributed by atoms with E-state index in [0.29, 0.717) is 6.29 Å². The van der Waals surface area contributed by atoms with Gasteiger partial charge in [-0.2, -0.15) is 13.2 Å². The summed E-state index contributed by atoms with van der Waals surface area (Å²) in [6.45, 7) is 2.21. The second kappa shape index (κ2) is 12.4. The molecule has 2 rings (SSSR count). The number of rotatable bonds is 12. The molecule has 2 aromatic rings. The summed E-state index contributed by atoms with van der Waals surface area (Å²) in [5.74, 6) is -2.68. The number of carbonyl (C=O) groups is 2. The summed E-state index contributed by atoms with van der Waals surface area (Å²) in [4.78, 5) is 35.6. The average molecular weight is 543 g/mol. The van der Waals surface area contributed by atoms with Crippen molar-refractivity contribution in [2.75, 3.05) is 13.6 Å². The van der Waals surface area contributed by atoms with E-state index in [4.69, 9.17) is 15.6 Å². The summed E-state index contributed by atoms with van der Waals surface area (Å²) < 4.78 is 69.9. The van der Waals surface area contributed by atoms with Crippen molar-refractivity contribution in [3.05, 3.63) is 47.9 Å². The van der Waals surface area contributed by atoms with Crippen LogP contribution in [0.4, 0.5) is 22.0 Å². The van der Waals surface area contributed by atoms with Crippen molar-refractivity contribution in [3.8, 4) is 11.5 Å². The Labute approximate surface area is 214 Å². The Morgan fingerprint density at radius 3 is 2.55 bits per heavy atom. The van der Waals surface area contributed by atoms with Gasteiger partial charge in [-0.15, -0.1) is 0 Å². The molecule has 0 saturated carbocycles. The first-order chi connectivity index (χ1) is 17.7. The Hall–Kier alpha value is -4.17.